The van der Waals surface area contributed by atoms with Crippen LogP contribution in [0.1, 0.15) is 30.3 Å². The van der Waals surface area contributed by atoms with E-state index in [1.165, 1.54) is 6.42 Å². The molecule has 1 rings (SSSR count). The van der Waals surface area contributed by atoms with Crippen LogP contribution in [0, 0.1) is 5.92 Å². The second-order valence-electron chi connectivity index (χ2n) is 3.46. The molecule has 0 aliphatic carbocycles. The van der Waals surface area contributed by atoms with Crippen LogP contribution in [0.2, 0.25) is 0 Å². The summed E-state index contributed by atoms with van der Waals surface area (Å²) in [5, 5.41) is 10.4. The molecule has 0 bridgehead atoms. The predicted octanol–water partition coefficient (Wildman–Crippen LogP) is 2.91. The van der Waals surface area contributed by atoms with Gasteiger partial charge in [-0.1, -0.05) is 13.8 Å². The smallest absolute Gasteiger partial charge is 0.118 e. The first kappa shape index (κ1) is 10.9. The highest BCUT2D eigenvalue weighted by Gasteiger charge is 2.04. The van der Waals surface area contributed by atoms with Crippen molar-refractivity contribution >= 4 is 22.9 Å². The lowest BCUT2D eigenvalue weighted by atomic mass is 10.1. The van der Waals surface area contributed by atoms with Gasteiger partial charge in [0.25, 0.3) is 0 Å². The van der Waals surface area contributed by atoms with Crippen molar-refractivity contribution in [3.63, 3.8) is 0 Å². The lowest BCUT2D eigenvalue weighted by Crippen LogP contribution is -1.91. The summed E-state index contributed by atoms with van der Waals surface area (Å²) in [7, 11) is 0. The average molecular weight is 219 g/mol. The Morgan fingerprint density at radius 3 is 2.38 bits per heavy atom. The summed E-state index contributed by atoms with van der Waals surface area (Å²) in [5.74, 6) is 1.37. The van der Waals surface area contributed by atoms with Gasteiger partial charge < -0.3 is 0 Å². The van der Waals surface area contributed by atoms with E-state index in [1.807, 2.05) is 0 Å². The Hall–Kier alpha value is -0.150. The van der Waals surface area contributed by atoms with Crippen molar-refractivity contribution in [1.29, 1.82) is 0 Å². The molecule has 13 heavy (non-hydrogen) atoms. The fourth-order valence-electron chi connectivity index (χ4n) is 0.983. The molecule has 0 spiro atoms. The minimum absolute atomic E-state index is 0.638. The molecule has 0 saturated heterocycles. The van der Waals surface area contributed by atoms with E-state index in [1.54, 1.807) is 11.3 Å². The standard InChI is InChI=1S/C9H15ClN2S/c1-7(2)3-4-8-11-12-9(13-8)5-6-10/h7H,3-6H2,1-2H3. The minimum Gasteiger partial charge on any atom is -0.144 e. The Balaban J connectivity index is 2.39. The molecule has 2 nitrogen and oxygen atoms in total. The molecule has 0 fully saturated rings. The highest BCUT2D eigenvalue weighted by Crippen LogP contribution is 2.14. The molecule has 0 unspecified atom stereocenters. The lowest BCUT2D eigenvalue weighted by molar-refractivity contribution is 0.583. The molecule has 74 valence electrons. The zero-order valence-electron chi connectivity index (χ0n) is 8.09. The van der Waals surface area contributed by atoms with Gasteiger partial charge in [-0.15, -0.1) is 33.1 Å². The monoisotopic (exact) mass is 218 g/mol. The highest BCUT2D eigenvalue weighted by atomic mass is 35.5. The number of aromatic nitrogens is 2. The fourth-order valence-corrected chi connectivity index (χ4v) is 2.13. The number of hydrogen-bond donors (Lipinski definition) is 0. The fraction of sp³-hybridized carbons (Fsp3) is 0.778. The van der Waals surface area contributed by atoms with Crippen molar-refractivity contribution in [2.24, 2.45) is 5.92 Å². The summed E-state index contributed by atoms with van der Waals surface area (Å²) in [6.07, 6.45) is 3.09. The molecule has 1 aromatic rings. The van der Waals surface area contributed by atoms with Crippen LogP contribution in [0.4, 0.5) is 0 Å². The van der Waals surface area contributed by atoms with Gasteiger partial charge in [0.2, 0.25) is 0 Å². The molecule has 0 aliphatic heterocycles. The van der Waals surface area contributed by atoms with Gasteiger partial charge in [0.15, 0.2) is 0 Å². The van der Waals surface area contributed by atoms with Crippen molar-refractivity contribution in [3.8, 4) is 0 Å². The molecule has 1 aromatic heterocycles. The van der Waals surface area contributed by atoms with Gasteiger partial charge in [-0.25, -0.2) is 0 Å². The summed E-state index contributed by atoms with van der Waals surface area (Å²) in [5.41, 5.74) is 0. The van der Waals surface area contributed by atoms with E-state index in [0.717, 1.165) is 28.8 Å². The molecular weight excluding hydrogens is 204 g/mol. The average Bonchev–Trinajstić information content (AvgIpc) is 2.50. The quantitative estimate of drug-likeness (QED) is 0.711. The van der Waals surface area contributed by atoms with E-state index in [4.69, 9.17) is 11.6 Å². The summed E-state index contributed by atoms with van der Waals surface area (Å²) in [6.45, 7) is 4.45. The number of hydrogen-bond acceptors (Lipinski definition) is 3. The zero-order chi connectivity index (χ0) is 9.68. The van der Waals surface area contributed by atoms with Crippen molar-refractivity contribution in [1.82, 2.24) is 10.2 Å². The summed E-state index contributed by atoms with van der Waals surface area (Å²) >= 11 is 7.30. The summed E-state index contributed by atoms with van der Waals surface area (Å²) < 4.78 is 0. The zero-order valence-corrected chi connectivity index (χ0v) is 9.66. The SMILES string of the molecule is CC(C)CCc1nnc(CCCl)s1. The molecule has 0 N–H and O–H groups in total. The number of halogens is 1. The van der Waals surface area contributed by atoms with Gasteiger partial charge in [-0.05, 0) is 12.3 Å². The highest BCUT2D eigenvalue weighted by molar-refractivity contribution is 7.11. The maximum absolute atomic E-state index is 5.61. The van der Waals surface area contributed by atoms with Gasteiger partial charge in [0.05, 0.1) is 0 Å². The Kier molecular flexibility index (Phi) is 4.67. The third kappa shape index (κ3) is 4.05. The molecule has 0 saturated carbocycles. The Morgan fingerprint density at radius 1 is 1.23 bits per heavy atom. The minimum atomic E-state index is 0.638. The van der Waals surface area contributed by atoms with Gasteiger partial charge in [0, 0.05) is 18.7 Å². The number of alkyl halides is 1. The lowest BCUT2D eigenvalue weighted by Gasteiger charge is -1.99. The second-order valence-corrected chi connectivity index (χ2v) is 4.99. The normalized spacial score (nSPS) is 11.1. The third-order valence-electron chi connectivity index (χ3n) is 1.75. The first-order valence-electron chi connectivity index (χ1n) is 4.59. The van der Waals surface area contributed by atoms with Crippen molar-refractivity contribution in [2.75, 3.05) is 5.88 Å². The molecule has 4 heteroatoms. The van der Waals surface area contributed by atoms with E-state index in [0.29, 0.717) is 5.88 Å². The van der Waals surface area contributed by atoms with Crippen LogP contribution in [-0.4, -0.2) is 16.1 Å². The third-order valence-corrected chi connectivity index (χ3v) is 2.98. The number of nitrogens with zero attached hydrogens (tertiary/aromatic N) is 2. The maximum atomic E-state index is 5.61. The number of rotatable bonds is 5. The Labute approximate surface area is 88.3 Å². The van der Waals surface area contributed by atoms with Crippen LogP contribution >= 0.6 is 22.9 Å². The predicted molar refractivity (Wildman–Crippen MR) is 57.5 cm³/mol. The topological polar surface area (TPSA) is 25.8 Å². The van der Waals surface area contributed by atoms with E-state index < -0.39 is 0 Å². The Morgan fingerprint density at radius 2 is 1.85 bits per heavy atom. The van der Waals surface area contributed by atoms with Crippen molar-refractivity contribution in [3.05, 3.63) is 10.0 Å². The molecular formula is C9H15ClN2S. The molecule has 1 heterocycles. The first-order chi connectivity index (χ1) is 6.22. The molecule has 0 amide bonds. The van der Waals surface area contributed by atoms with Gasteiger partial charge in [-0.2, -0.15) is 0 Å². The molecule has 0 aliphatic rings. The van der Waals surface area contributed by atoms with Crippen LogP contribution in [-0.2, 0) is 12.8 Å². The molecule has 0 atom stereocenters. The van der Waals surface area contributed by atoms with Crippen molar-refractivity contribution in [2.45, 2.75) is 33.1 Å². The Bertz CT molecular complexity index is 248. The van der Waals surface area contributed by atoms with Crippen LogP contribution in [0.15, 0.2) is 0 Å². The number of aryl methyl sites for hydroxylation is 2. The molecule has 0 radical (unpaired) electrons. The van der Waals surface area contributed by atoms with Crippen molar-refractivity contribution < 1.29 is 0 Å². The van der Waals surface area contributed by atoms with E-state index >= 15 is 0 Å². The first-order valence-corrected chi connectivity index (χ1v) is 5.94. The summed E-state index contributed by atoms with van der Waals surface area (Å²) in [4.78, 5) is 0. The van der Waals surface area contributed by atoms with Gasteiger partial charge in [0.1, 0.15) is 10.0 Å². The van der Waals surface area contributed by atoms with Gasteiger partial charge in [-0.3, -0.25) is 0 Å². The van der Waals surface area contributed by atoms with E-state index in [-0.39, 0.29) is 0 Å². The van der Waals surface area contributed by atoms with Crippen LogP contribution in [0.3, 0.4) is 0 Å². The van der Waals surface area contributed by atoms with Crippen LogP contribution in [0.25, 0.3) is 0 Å². The summed E-state index contributed by atoms with van der Waals surface area (Å²) in [6, 6.07) is 0. The molecule has 0 aromatic carbocycles. The van der Waals surface area contributed by atoms with E-state index in [2.05, 4.69) is 24.0 Å². The maximum Gasteiger partial charge on any atom is 0.118 e. The largest absolute Gasteiger partial charge is 0.144 e. The van der Waals surface area contributed by atoms with E-state index in [9.17, 15) is 0 Å². The van der Waals surface area contributed by atoms with Crippen LogP contribution < -0.4 is 0 Å². The van der Waals surface area contributed by atoms with Crippen LogP contribution in [0.5, 0.6) is 0 Å². The second kappa shape index (κ2) is 5.55. The van der Waals surface area contributed by atoms with Gasteiger partial charge >= 0.3 is 0 Å².